The van der Waals surface area contributed by atoms with Gasteiger partial charge in [-0.3, -0.25) is 4.79 Å². The van der Waals surface area contributed by atoms with E-state index in [9.17, 15) is 40.5 Å². The highest BCUT2D eigenvalue weighted by Crippen LogP contribution is 2.66. The van der Waals surface area contributed by atoms with Crippen LogP contribution in [0, 0.1) is 0 Å². The summed E-state index contributed by atoms with van der Waals surface area (Å²) in [5, 5.41) is 73.0. The number of aromatic hydroxyl groups is 6. The van der Waals surface area contributed by atoms with Crippen LogP contribution in [-0.2, 0) is 16.6 Å². The second-order valence-electron chi connectivity index (χ2n) is 10.3. The maximum Gasteiger partial charge on any atom is 0.331 e. The number of esters is 1. The van der Waals surface area contributed by atoms with Crippen molar-refractivity contribution in [2.24, 2.45) is 0 Å². The molecule has 0 aliphatic carbocycles. The highest BCUT2D eigenvalue weighted by molar-refractivity contribution is 6.00. The SMILES string of the molecule is O=C1Oc2cc(O)c3c(c2C12c1c(O)cc(O)cc1OC2c1ccc(O)cc1)OC(c1ccc(O)c(O)c1)C(O)C3. The van der Waals surface area contributed by atoms with Gasteiger partial charge in [-0.15, -0.1) is 0 Å². The second kappa shape index (κ2) is 8.35. The van der Waals surface area contributed by atoms with Gasteiger partial charge in [-0.05, 0) is 35.4 Å². The van der Waals surface area contributed by atoms with Crippen LogP contribution >= 0.6 is 0 Å². The highest BCUT2D eigenvalue weighted by Gasteiger charge is 2.66. The molecule has 41 heavy (non-hydrogen) atoms. The first-order chi connectivity index (χ1) is 19.6. The molecule has 11 heteroatoms. The van der Waals surface area contributed by atoms with E-state index in [4.69, 9.17) is 14.2 Å². The Labute approximate surface area is 231 Å². The molecule has 0 aromatic heterocycles. The number of ether oxygens (including phenoxy) is 3. The van der Waals surface area contributed by atoms with Gasteiger partial charge >= 0.3 is 5.97 Å². The van der Waals surface area contributed by atoms with Crippen molar-refractivity contribution in [3.05, 3.63) is 88.5 Å². The molecule has 4 aromatic carbocycles. The summed E-state index contributed by atoms with van der Waals surface area (Å²) < 4.78 is 18.2. The Morgan fingerprint density at radius 3 is 2.15 bits per heavy atom. The summed E-state index contributed by atoms with van der Waals surface area (Å²) in [5.74, 6) is -2.82. The van der Waals surface area contributed by atoms with Gasteiger partial charge in [-0.2, -0.15) is 0 Å². The lowest BCUT2D eigenvalue weighted by Gasteiger charge is -2.35. The summed E-state index contributed by atoms with van der Waals surface area (Å²) in [5.41, 5.74) is -0.890. The first-order valence-electron chi connectivity index (χ1n) is 12.6. The number of benzene rings is 4. The maximum absolute atomic E-state index is 14.0. The van der Waals surface area contributed by atoms with Crippen molar-refractivity contribution < 1.29 is 54.8 Å². The Morgan fingerprint density at radius 1 is 0.683 bits per heavy atom. The molecule has 11 nitrogen and oxygen atoms in total. The fraction of sp³-hybridized carbons (Fsp3) is 0.167. The molecular formula is C30H22O11. The number of rotatable bonds is 2. The number of hydrogen-bond acceptors (Lipinski definition) is 11. The lowest BCUT2D eigenvalue weighted by molar-refractivity contribution is -0.139. The van der Waals surface area contributed by atoms with Crippen LogP contribution < -0.4 is 14.2 Å². The van der Waals surface area contributed by atoms with Crippen LogP contribution in [0.25, 0.3) is 0 Å². The Balaban J connectivity index is 1.50. The minimum Gasteiger partial charge on any atom is -0.508 e. The fourth-order valence-electron chi connectivity index (χ4n) is 6.11. The molecule has 0 amide bonds. The number of fused-ring (bicyclic) bond motifs is 6. The molecule has 0 bridgehead atoms. The van der Waals surface area contributed by atoms with E-state index in [0.29, 0.717) is 11.1 Å². The molecule has 3 aliphatic heterocycles. The molecule has 208 valence electrons. The largest absolute Gasteiger partial charge is 0.508 e. The lowest BCUT2D eigenvalue weighted by Crippen LogP contribution is -2.40. The van der Waals surface area contributed by atoms with Crippen LogP contribution in [0.15, 0.2) is 60.7 Å². The predicted molar refractivity (Wildman–Crippen MR) is 139 cm³/mol. The normalized spacial score (nSPS) is 23.7. The summed E-state index contributed by atoms with van der Waals surface area (Å²) in [6.07, 6.45) is -3.60. The van der Waals surface area contributed by atoms with Crippen molar-refractivity contribution in [3.63, 3.8) is 0 Å². The van der Waals surface area contributed by atoms with E-state index in [2.05, 4.69) is 0 Å². The Bertz CT molecular complexity index is 1760. The van der Waals surface area contributed by atoms with Gasteiger partial charge in [0.05, 0.1) is 17.2 Å². The molecule has 4 atom stereocenters. The first-order valence-corrected chi connectivity index (χ1v) is 12.6. The van der Waals surface area contributed by atoms with Crippen molar-refractivity contribution in [2.45, 2.75) is 30.1 Å². The zero-order chi connectivity index (χ0) is 28.8. The summed E-state index contributed by atoms with van der Waals surface area (Å²) in [6, 6.07) is 13.4. The highest BCUT2D eigenvalue weighted by atomic mass is 16.6. The number of aliphatic hydroxyl groups excluding tert-OH is 1. The van der Waals surface area contributed by atoms with Gasteiger partial charge in [0.25, 0.3) is 0 Å². The summed E-state index contributed by atoms with van der Waals surface area (Å²) in [6.45, 7) is 0. The van der Waals surface area contributed by atoms with Crippen molar-refractivity contribution in [3.8, 4) is 51.7 Å². The molecule has 0 fully saturated rings. The zero-order valence-electron chi connectivity index (χ0n) is 21.0. The van der Waals surface area contributed by atoms with Gasteiger partial charge in [0.15, 0.2) is 16.9 Å². The van der Waals surface area contributed by atoms with Crippen molar-refractivity contribution in [2.75, 3.05) is 0 Å². The van der Waals surface area contributed by atoms with Crippen LogP contribution in [0.4, 0.5) is 0 Å². The van der Waals surface area contributed by atoms with E-state index in [0.717, 1.165) is 6.07 Å². The van der Waals surface area contributed by atoms with Gasteiger partial charge in [-0.1, -0.05) is 18.2 Å². The molecule has 3 heterocycles. The van der Waals surface area contributed by atoms with Crippen LogP contribution in [0.5, 0.6) is 51.7 Å². The summed E-state index contributed by atoms with van der Waals surface area (Å²) >= 11 is 0. The number of phenols is 6. The topological polar surface area (TPSA) is 186 Å². The van der Waals surface area contributed by atoms with Crippen molar-refractivity contribution >= 4 is 5.97 Å². The third kappa shape index (κ3) is 3.32. The Hall–Kier alpha value is -5.29. The maximum atomic E-state index is 14.0. The van der Waals surface area contributed by atoms with Crippen molar-refractivity contribution in [1.29, 1.82) is 0 Å². The van der Waals surface area contributed by atoms with E-state index in [1.54, 1.807) is 0 Å². The fourth-order valence-corrected chi connectivity index (χ4v) is 6.11. The number of aliphatic hydroxyl groups is 1. The zero-order valence-corrected chi connectivity index (χ0v) is 21.0. The van der Waals surface area contributed by atoms with Gasteiger partial charge in [0.2, 0.25) is 0 Å². The molecule has 3 aliphatic rings. The Kier molecular flexibility index (Phi) is 5.04. The lowest BCUT2D eigenvalue weighted by atomic mass is 9.69. The third-order valence-electron chi connectivity index (χ3n) is 7.87. The average molecular weight is 558 g/mol. The van der Waals surface area contributed by atoms with E-state index in [1.807, 2.05) is 0 Å². The first kappa shape index (κ1) is 24.7. The number of hydrogen-bond donors (Lipinski definition) is 7. The summed E-state index contributed by atoms with van der Waals surface area (Å²) in [4.78, 5) is 14.0. The second-order valence-corrected chi connectivity index (χ2v) is 10.3. The molecule has 7 N–H and O–H groups in total. The third-order valence-corrected chi connectivity index (χ3v) is 7.87. The standard InChI is InChI=1S/C30H22O11/c31-14-4-1-12(2-5-14)28-30(24-20(36)8-15(32)9-22(24)39-28)25-23(40-29(30)38)11-18(34)16-10-21(37)26(41-27(16)25)13-3-6-17(33)19(35)7-13/h1-9,11,21,26,28,31-37H,10H2. The molecule has 7 rings (SSSR count). The molecule has 0 saturated heterocycles. The van der Waals surface area contributed by atoms with Crippen LogP contribution in [-0.4, -0.2) is 47.8 Å². The molecule has 0 radical (unpaired) electrons. The molecule has 4 unspecified atom stereocenters. The smallest absolute Gasteiger partial charge is 0.331 e. The molecular weight excluding hydrogens is 536 g/mol. The van der Waals surface area contributed by atoms with E-state index in [-0.39, 0.29) is 63.4 Å². The van der Waals surface area contributed by atoms with Gasteiger partial charge in [0.1, 0.15) is 52.5 Å². The molecule has 0 saturated carbocycles. The molecule has 4 aromatic rings. The monoisotopic (exact) mass is 558 g/mol. The predicted octanol–water partition coefficient (Wildman–Crippen LogP) is 3.30. The van der Waals surface area contributed by atoms with Gasteiger partial charge in [-0.25, -0.2) is 0 Å². The van der Waals surface area contributed by atoms with Gasteiger partial charge < -0.3 is 50.0 Å². The average Bonchev–Trinajstić information content (AvgIpc) is 3.41. The van der Waals surface area contributed by atoms with Crippen LogP contribution in [0.3, 0.4) is 0 Å². The van der Waals surface area contributed by atoms with Crippen LogP contribution in [0.2, 0.25) is 0 Å². The number of carbonyl (C=O) groups is 1. The minimum atomic E-state index is -1.90. The van der Waals surface area contributed by atoms with E-state index < -0.39 is 41.2 Å². The van der Waals surface area contributed by atoms with E-state index >= 15 is 0 Å². The minimum absolute atomic E-state index is 0.00131. The summed E-state index contributed by atoms with van der Waals surface area (Å²) in [7, 11) is 0. The van der Waals surface area contributed by atoms with E-state index in [1.165, 1.54) is 54.6 Å². The van der Waals surface area contributed by atoms with Crippen LogP contribution in [0.1, 0.15) is 40.0 Å². The Morgan fingerprint density at radius 2 is 1.41 bits per heavy atom. The van der Waals surface area contributed by atoms with Crippen molar-refractivity contribution in [1.82, 2.24) is 0 Å². The number of phenolic OH excluding ortho intramolecular Hbond substituents is 6. The number of carbonyl (C=O) groups excluding carboxylic acids is 1. The molecule has 1 spiro atoms. The van der Waals surface area contributed by atoms with Gasteiger partial charge in [0, 0.05) is 30.2 Å². The quantitative estimate of drug-likeness (QED) is 0.109.